The van der Waals surface area contributed by atoms with Crippen LogP contribution in [0.1, 0.15) is 35.3 Å². The van der Waals surface area contributed by atoms with E-state index in [1.807, 2.05) is 0 Å². The van der Waals surface area contributed by atoms with Crippen LogP contribution in [0, 0.1) is 11.8 Å². The summed E-state index contributed by atoms with van der Waals surface area (Å²) in [5.74, 6) is -7.10. The molecule has 2 aromatic rings. The summed E-state index contributed by atoms with van der Waals surface area (Å²) in [4.78, 5) is 63.5. The lowest BCUT2D eigenvalue weighted by molar-refractivity contribution is -0.154. The number of halogens is 1. The standard InChI is InChI=1S/C23H19BrN2O7/c1-11(27)12-4-8-15(9-5-12)26-20(30)17-18(21(26)31)23(22(32)33,10-16(28)29)25-19(17)13-2-6-14(24)7-3-13/h2-9,17-19,25H,10H2,1H3,(H,28,29)(H,32,33). The molecule has 4 atom stereocenters. The second-order valence-corrected chi connectivity index (χ2v) is 9.05. The van der Waals surface area contributed by atoms with Gasteiger partial charge in [-0.05, 0) is 48.9 Å². The number of carboxylic acid groups (broad SMARTS) is 2. The molecule has 3 N–H and O–H groups in total. The minimum absolute atomic E-state index is 0.188. The van der Waals surface area contributed by atoms with Crippen molar-refractivity contribution in [3.63, 3.8) is 0 Å². The number of benzene rings is 2. The Morgan fingerprint density at radius 3 is 2.12 bits per heavy atom. The summed E-state index contributed by atoms with van der Waals surface area (Å²) in [6.45, 7) is 1.38. The van der Waals surface area contributed by atoms with E-state index in [1.165, 1.54) is 31.2 Å². The molecule has 2 amide bonds. The molecule has 2 saturated heterocycles. The summed E-state index contributed by atoms with van der Waals surface area (Å²) >= 11 is 3.32. The smallest absolute Gasteiger partial charge is 0.325 e. The molecule has 2 aliphatic heterocycles. The first-order chi connectivity index (χ1) is 15.6. The van der Waals surface area contributed by atoms with Crippen LogP contribution < -0.4 is 10.2 Å². The summed E-state index contributed by atoms with van der Waals surface area (Å²) in [5.41, 5.74) is -1.04. The predicted molar refractivity (Wildman–Crippen MR) is 119 cm³/mol. The van der Waals surface area contributed by atoms with Crippen LogP contribution in [-0.2, 0) is 19.2 Å². The highest BCUT2D eigenvalue weighted by Gasteiger charge is 2.69. The average Bonchev–Trinajstić information content (AvgIpc) is 3.23. The second kappa shape index (κ2) is 8.20. The number of carbonyl (C=O) groups is 5. The van der Waals surface area contributed by atoms with Gasteiger partial charge in [0.25, 0.3) is 0 Å². The van der Waals surface area contributed by atoms with E-state index in [0.717, 1.165) is 9.37 Å². The highest BCUT2D eigenvalue weighted by atomic mass is 79.9. The largest absolute Gasteiger partial charge is 0.481 e. The normalized spacial score (nSPS) is 26.4. The van der Waals surface area contributed by atoms with Crippen molar-refractivity contribution in [3.05, 3.63) is 64.1 Å². The van der Waals surface area contributed by atoms with Crippen LogP contribution in [0.25, 0.3) is 0 Å². The van der Waals surface area contributed by atoms with E-state index in [9.17, 15) is 34.2 Å². The second-order valence-electron chi connectivity index (χ2n) is 8.14. The molecule has 2 aliphatic rings. The van der Waals surface area contributed by atoms with Gasteiger partial charge < -0.3 is 10.2 Å². The van der Waals surface area contributed by atoms with Crippen LogP contribution >= 0.6 is 15.9 Å². The molecular formula is C23H19BrN2O7. The monoisotopic (exact) mass is 514 g/mol. The lowest BCUT2D eigenvalue weighted by Gasteiger charge is -2.29. The number of hydrogen-bond acceptors (Lipinski definition) is 6. The number of nitrogens with zero attached hydrogens (tertiary/aromatic N) is 1. The van der Waals surface area contributed by atoms with Crippen molar-refractivity contribution in [3.8, 4) is 0 Å². The van der Waals surface area contributed by atoms with Crippen LogP contribution in [0.5, 0.6) is 0 Å². The van der Waals surface area contributed by atoms with E-state index in [0.29, 0.717) is 11.1 Å². The first-order valence-electron chi connectivity index (χ1n) is 10.0. The molecule has 0 bridgehead atoms. The fourth-order valence-corrected chi connectivity index (χ4v) is 5.00. The Morgan fingerprint density at radius 2 is 1.61 bits per heavy atom. The highest BCUT2D eigenvalue weighted by molar-refractivity contribution is 9.10. The van der Waals surface area contributed by atoms with Crippen molar-refractivity contribution in [1.82, 2.24) is 5.32 Å². The summed E-state index contributed by atoms with van der Waals surface area (Å²) in [5, 5.41) is 22.4. The van der Waals surface area contributed by atoms with Crippen LogP contribution in [0.3, 0.4) is 0 Å². The van der Waals surface area contributed by atoms with E-state index in [1.54, 1.807) is 24.3 Å². The summed E-state index contributed by atoms with van der Waals surface area (Å²) in [7, 11) is 0. The van der Waals surface area contributed by atoms with Gasteiger partial charge in [-0.25, -0.2) is 4.90 Å². The molecular weight excluding hydrogens is 496 g/mol. The number of aliphatic carboxylic acids is 2. The van der Waals surface area contributed by atoms with Crippen LogP contribution in [0.15, 0.2) is 53.0 Å². The van der Waals surface area contributed by atoms with E-state index in [2.05, 4.69) is 21.2 Å². The molecule has 0 radical (unpaired) electrons. The van der Waals surface area contributed by atoms with Crippen molar-refractivity contribution in [2.24, 2.45) is 11.8 Å². The molecule has 4 unspecified atom stereocenters. The van der Waals surface area contributed by atoms with Gasteiger partial charge in [-0.15, -0.1) is 0 Å². The van der Waals surface area contributed by atoms with Gasteiger partial charge in [-0.2, -0.15) is 0 Å². The number of carbonyl (C=O) groups excluding carboxylic acids is 3. The summed E-state index contributed by atoms with van der Waals surface area (Å²) in [6.07, 6.45) is -0.882. The maximum atomic E-state index is 13.5. The quantitative estimate of drug-likeness (QED) is 0.394. The summed E-state index contributed by atoms with van der Waals surface area (Å²) < 4.78 is 0.761. The lowest BCUT2D eigenvalue weighted by atomic mass is 9.77. The number of rotatable bonds is 6. The Balaban J connectivity index is 1.84. The molecule has 9 nitrogen and oxygen atoms in total. The van der Waals surface area contributed by atoms with Crippen LogP contribution in [0.2, 0.25) is 0 Å². The zero-order valence-corrected chi connectivity index (χ0v) is 18.9. The Labute approximate surface area is 196 Å². The van der Waals surface area contributed by atoms with Gasteiger partial charge in [0.15, 0.2) is 5.78 Å². The third-order valence-electron chi connectivity index (χ3n) is 6.23. The number of nitrogens with one attached hydrogen (secondary N) is 1. The average molecular weight is 515 g/mol. The Kier molecular flexibility index (Phi) is 5.67. The van der Waals surface area contributed by atoms with E-state index >= 15 is 0 Å². The van der Waals surface area contributed by atoms with E-state index in [-0.39, 0.29) is 11.5 Å². The first kappa shape index (κ1) is 22.8. The van der Waals surface area contributed by atoms with Gasteiger partial charge in [0.05, 0.1) is 23.9 Å². The Bertz CT molecular complexity index is 1180. The van der Waals surface area contributed by atoms with E-state index in [4.69, 9.17) is 0 Å². The molecule has 170 valence electrons. The zero-order chi connectivity index (χ0) is 24.1. The SMILES string of the molecule is CC(=O)c1ccc(N2C(=O)C3C(c4ccc(Br)cc4)NC(CC(=O)O)(C(=O)O)C3C2=O)cc1. The lowest BCUT2D eigenvalue weighted by Crippen LogP contribution is -2.57. The topological polar surface area (TPSA) is 141 Å². The van der Waals surface area contributed by atoms with Gasteiger partial charge in [0.2, 0.25) is 11.8 Å². The number of anilines is 1. The van der Waals surface area contributed by atoms with Crippen LogP contribution in [0.4, 0.5) is 5.69 Å². The third-order valence-corrected chi connectivity index (χ3v) is 6.76. The van der Waals surface area contributed by atoms with Gasteiger partial charge in [0, 0.05) is 16.1 Å². The molecule has 0 aliphatic carbocycles. The Hall–Kier alpha value is -3.37. The zero-order valence-electron chi connectivity index (χ0n) is 17.3. The molecule has 33 heavy (non-hydrogen) atoms. The summed E-state index contributed by atoms with van der Waals surface area (Å²) in [6, 6.07) is 11.7. The molecule has 2 aromatic carbocycles. The van der Waals surface area contributed by atoms with Gasteiger partial charge in [-0.1, -0.05) is 28.1 Å². The predicted octanol–water partition coefficient (Wildman–Crippen LogP) is 2.40. The maximum absolute atomic E-state index is 13.5. The van der Waals surface area contributed by atoms with Gasteiger partial charge >= 0.3 is 11.9 Å². The maximum Gasteiger partial charge on any atom is 0.325 e. The van der Waals surface area contributed by atoms with Crippen molar-refractivity contribution in [1.29, 1.82) is 0 Å². The molecule has 2 heterocycles. The van der Waals surface area contributed by atoms with Crippen molar-refractivity contribution >= 4 is 51.2 Å². The van der Waals surface area contributed by atoms with Gasteiger partial charge in [-0.3, -0.25) is 29.3 Å². The fraction of sp³-hybridized carbons (Fsp3) is 0.261. The number of fused-ring (bicyclic) bond motifs is 1. The van der Waals surface area contributed by atoms with Crippen molar-refractivity contribution in [2.45, 2.75) is 24.9 Å². The molecule has 0 saturated carbocycles. The number of ketones is 1. The Morgan fingerprint density at radius 1 is 1.00 bits per heavy atom. The molecule has 0 aromatic heterocycles. The minimum Gasteiger partial charge on any atom is -0.481 e. The van der Waals surface area contributed by atoms with Gasteiger partial charge in [0.1, 0.15) is 5.54 Å². The molecule has 4 rings (SSSR count). The van der Waals surface area contributed by atoms with Crippen molar-refractivity contribution < 1.29 is 34.2 Å². The molecule has 10 heteroatoms. The molecule has 2 fully saturated rings. The third kappa shape index (κ3) is 3.65. The number of imide groups is 1. The number of carboxylic acids is 2. The number of amides is 2. The first-order valence-corrected chi connectivity index (χ1v) is 10.8. The van der Waals surface area contributed by atoms with Crippen LogP contribution in [-0.4, -0.2) is 45.3 Å². The number of Topliss-reactive ketones (excluding diaryl/α,β-unsaturated/α-hetero) is 1. The van der Waals surface area contributed by atoms with E-state index < -0.39 is 53.6 Å². The molecule has 0 spiro atoms. The fourth-order valence-electron chi connectivity index (χ4n) is 4.73. The minimum atomic E-state index is -2.17. The number of hydrogen-bond donors (Lipinski definition) is 3. The van der Waals surface area contributed by atoms with Crippen molar-refractivity contribution in [2.75, 3.05) is 4.90 Å². The highest BCUT2D eigenvalue weighted by Crippen LogP contribution is 2.51.